The molecule has 1 aromatic carbocycles. The van der Waals surface area contributed by atoms with E-state index in [1.54, 1.807) is 4.90 Å². The molecular formula is C17H22N2O2. The smallest absolute Gasteiger partial charge is 0.239 e. The van der Waals surface area contributed by atoms with Gasteiger partial charge in [0.1, 0.15) is 0 Å². The molecule has 4 nitrogen and oxygen atoms in total. The minimum Gasteiger partial charge on any atom is -0.354 e. The maximum absolute atomic E-state index is 12.4. The Hall–Kier alpha value is -1.84. The second kappa shape index (κ2) is 6.29. The largest absolute Gasteiger partial charge is 0.354 e. The van der Waals surface area contributed by atoms with Gasteiger partial charge in [-0.3, -0.25) is 9.59 Å². The summed E-state index contributed by atoms with van der Waals surface area (Å²) in [6.07, 6.45) is 6.05. The fourth-order valence-electron chi connectivity index (χ4n) is 3.20. The monoisotopic (exact) mass is 286 g/mol. The summed E-state index contributed by atoms with van der Waals surface area (Å²) in [6.45, 7) is 1.54. The van der Waals surface area contributed by atoms with Crippen molar-refractivity contribution in [2.24, 2.45) is 0 Å². The normalized spacial score (nSPS) is 18.7. The Kier molecular flexibility index (Phi) is 4.23. The van der Waals surface area contributed by atoms with E-state index in [9.17, 15) is 9.59 Å². The second-order valence-corrected chi connectivity index (χ2v) is 6.01. The Bertz CT molecular complexity index is 554. The molecule has 4 heteroatoms. The van der Waals surface area contributed by atoms with Gasteiger partial charge >= 0.3 is 0 Å². The highest BCUT2D eigenvalue weighted by Gasteiger charge is 2.20. The molecule has 0 spiro atoms. The zero-order chi connectivity index (χ0) is 14.7. The summed E-state index contributed by atoms with van der Waals surface area (Å²) in [7, 11) is 0. The van der Waals surface area contributed by atoms with Crippen molar-refractivity contribution in [1.82, 2.24) is 10.2 Å². The molecule has 0 bridgehead atoms. The molecule has 0 saturated carbocycles. The molecule has 1 aliphatic carbocycles. The summed E-state index contributed by atoms with van der Waals surface area (Å²) < 4.78 is 0. The molecule has 0 radical (unpaired) electrons. The van der Waals surface area contributed by atoms with Crippen LogP contribution in [0.1, 0.15) is 36.0 Å². The molecule has 1 saturated heterocycles. The van der Waals surface area contributed by atoms with Crippen molar-refractivity contribution >= 4 is 11.8 Å². The van der Waals surface area contributed by atoms with Crippen LogP contribution >= 0.6 is 0 Å². The summed E-state index contributed by atoms with van der Waals surface area (Å²) in [5.74, 6) is 0.00843. The number of hydrogen-bond donors (Lipinski definition) is 1. The number of fused-ring (bicyclic) bond motifs is 1. The van der Waals surface area contributed by atoms with Gasteiger partial charge in [0.05, 0.1) is 13.0 Å². The number of nitrogens with one attached hydrogen (secondary N) is 1. The lowest BCUT2D eigenvalue weighted by molar-refractivity contribution is -0.134. The Labute approximate surface area is 125 Å². The minimum absolute atomic E-state index is 0.0497. The predicted molar refractivity (Wildman–Crippen MR) is 81.0 cm³/mol. The molecular weight excluding hydrogens is 264 g/mol. The molecule has 0 atom stereocenters. The van der Waals surface area contributed by atoms with Gasteiger partial charge in [-0.05, 0) is 48.8 Å². The molecule has 21 heavy (non-hydrogen) atoms. The van der Waals surface area contributed by atoms with E-state index >= 15 is 0 Å². The van der Waals surface area contributed by atoms with Crippen LogP contribution < -0.4 is 5.32 Å². The van der Waals surface area contributed by atoms with Gasteiger partial charge in [-0.15, -0.1) is 0 Å². The highest BCUT2D eigenvalue weighted by molar-refractivity contribution is 5.86. The fourth-order valence-corrected chi connectivity index (χ4v) is 3.20. The van der Waals surface area contributed by atoms with Gasteiger partial charge in [0.2, 0.25) is 11.8 Å². The maximum atomic E-state index is 12.4. The molecule has 1 aromatic rings. The van der Waals surface area contributed by atoms with Crippen molar-refractivity contribution in [2.45, 2.75) is 38.5 Å². The third-order valence-electron chi connectivity index (χ3n) is 4.38. The second-order valence-electron chi connectivity index (χ2n) is 6.01. The molecule has 1 heterocycles. The zero-order valence-corrected chi connectivity index (χ0v) is 12.4. The first kappa shape index (κ1) is 14.1. The van der Waals surface area contributed by atoms with Crippen molar-refractivity contribution in [3.8, 4) is 0 Å². The molecule has 0 unspecified atom stereocenters. The van der Waals surface area contributed by atoms with E-state index in [1.807, 2.05) is 0 Å². The molecule has 2 amide bonds. The molecule has 1 fully saturated rings. The lowest BCUT2D eigenvalue weighted by Gasteiger charge is -2.20. The van der Waals surface area contributed by atoms with Crippen molar-refractivity contribution in [3.63, 3.8) is 0 Å². The van der Waals surface area contributed by atoms with Crippen LogP contribution in [-0.4, -0.2) is 36.3 Å². The van der Waals surface area contributed by atoms with Gasteiger partial charge in [0.15, 0.2) is 0 Å². The van der Waals surface area contributed by atoms with E-state index in [1.165, 1.54) is 24.0 Å². The van der Waals surface area contributed by atoms with Crippen LogP contribution in [0.4, 0.5) is 0 Å². The Morgan fingerprint density at radius 2 is 1.95 bits per heavy atom. The number of amides is 2. The number of hydrogen-bond acceptors (Lipinski definition) is 2. The van der Waals surface area contributed by atoms with Crippen LogP contribution in [0.5, 0.6) is 0 Å². The Balaban J connectivity index is 1.67. The number of carbonyl (C=O) groups excluding carboxylic acids is 2. The van der Waals surface area contributed by atoms with Crippen LogP contribution in [0.15, 0.2) is 18.2 Å². The van der Waals surface area contributed by atoms with Crippen LogP contribution in [0.2, 0.25) is 0 Å². The van der Waals surface area contributed by atoms with Crippen LogP contribution in [0.25, 0.3) is 0 Å². The average Bonchev–Trinajstić information content (AvgIpc) is 2.72. The number of aryl methyl sites for hydroxylation is 2. The molecule has 112 valence electrons. The van der Waals surface area contributed by atoms with Crippen molar-refractivity contribution in [2.75, 3.05) is 19.6 Å². The van der Waals surface area contributed by atoms with E-state index in [-0.39, 0.29) is 18.4 Å². The Morgan fingerprint density at radius 3 is 2.81 bits per heavy atom. The predicted octanol–water partition coefficient (Wildman–Crippen LogP) is 1.46. The summed E-state index contributed by atoms with van der Waals surface area (Å²) in [5.41, 5.74) is 3.91. The van der Waals surface area contributed by atoms with Crippen molar-refractivity contribution in [3.05, 3.63) is 34.9 Å². The third-order valence-corrected chi connectivity index (χ3v) is 4.38. The first-order valence-electron chi connectivity index (χ1n) is 7.87. The van der Waals surface area contributed by atoms with Gasteiger partial charge < -0.3 is 10.2 Å². The number of carbonyl (C=O) groups is 2. The van der Waals surface area contributed by atoms with E-state index in [2.05, 4.69) is 23.5 Å². The SMILES string of the molecule is O=C1CN(C(=O)Cc2ccc3c(c2)CCCC3)CCCN1. The lowest BCUT2D eigenvalue weighted by atomic mass is 9.90. The number of rotatable bonds is 2. The summed E-state index contributed by atoms with van der Waals surface area (Å²) in [4.78, 5) is 25.6. The van der Waals surface area contributed by atoms with Crippen molar-refractivity contribution < 1.29 is 9.59 Å². The zero-order valence-electron chi connectivity index (χ0n) is 12.4. The molecule has 0 aromatic heterocycles. The van der Waals surface area contributed by atoms with Crippen LogP contribution in [0.3, 0.4) is 0 Å². The van der Waals surface area contributed by atoms with Crippen molar-refractivity contribution in [1.29, 1.82) is 0 Å². The Morgan fingerprint density at radius 1 is 1.14 bits per heavy atom. The standard InChI is InChI=1S/C17H22N2O2/c20-16-12-19(9-3-8-18-16)17(21)11-13-6-7-14-4-1-2-5-15(14)10-13/h6-7,10H,1-5,8-9,11-12H2,(H,18,20). The summed E-state index contributed by atoms with van der Waals surface area (Å²) >= 11 is 0. The molecule has 3 rings (SSSR count). The fraction of sp³-hybridized carbons (Fsp3) is 0.529. The minimum atomic E-state index is -0.0497. The molecule has 1 N–H and O–H groups in total. The van der Waals surface area contributed by atoms with Gasteiger partial charge in [0, 0.05) is 13.1 Å². The van der Waals surface area contributed by atoms with Gasteiger partial charge in [-0.25, -0.2) is 0 Å². The van der Waals surface area contributed by atoms with Gasteiger partial charge in [-0.1, -0.05) is 18.2 Å². The molecule has 1 aliphatic heterocycles. The first-order chi connectivity index (χ1) is 10.2. The van der Waals surface area contributed by atoms with Crippen LogP contribution in [-0.2, 0) is 28.9 Å². The maximum Gasteiger partial charge on any atom is 0.239 e. The topological polar surface area (TPSA) is 49.4 Å². The summed E-state index contributed by atoms with van der Waals surface area (Å²) in [5, 5.41) is 2.80. The first-order valence-corrected chi connectivity index (χ1v) is 7.87. The van der Waals surface area contributed by atoms with Gasteiger partial charge in [-0.2, -0.15) is 0 Å². The quantitative estimate of drug-likeness (QED) is 0.895. The van der Waals surface area contributed by atoms with E-state index < -0.39 is 0 Å². The highest BCUT2D eigenvalue weighted by Crippen LogP contribution is 2.22. The number of nitrogens with zero attached hydrogens (tertiary/aromatic N) is 1. The van der Waals surface area contributed by atoms with E-state index in [0.29, 0.717) is 19.5 Å². The van der Waals surface area contributed by atoms with Gasteiger partial charge in [0.25, 0.3) is 0 Å². The molecule has 2 aliphatic rings. The third kappa shape index (κ3) is 3.43. The average molecular weight is 286 g/mol. The number of benzene rings is 1. The highest BCUT2D eigenvalue weighted by atomic mass is 16.2. The summed E-state index contributed by atoms with van der Waals surface area (Å²) in [6, 6.07) is 6.43. The van der Waals surface area contributed by atoms with E-state index in [0.717, 1.165) is 24.8 Å². The van der Waals surface area contributed by atoms with E-state index in [4.69, 9.17) is 0 Å². The lowest BCUT2D eigenvalue weighted by Crippen LogP contribution is -2.38. The van der Waals surface area contributed by atoms with Crippen LogP contribution in [0, 0.1) is 0 Å².